The van der Waals surface area contributed by atoms with E-state index in [0.717, 1.165) is 25.9 Å². The Morgan fingerprint density at radius 3 is 2.21 bits per heavy atom. The fourth-order valence-corrected chi connectivity index (χ4v) is 3.81. The zero-order chi connectivity index (χ0) is 21.7. The highest BCUT2D eigenvalue weighted by molar-refractivity contribution is 5.74. The van der Waals surface area contributed by atoms with Gasteiger partial charge in [0.2, 0.25) is 0 Å². The Hall–Kier alpha value is -1.22. The van der Waals surface area contributed by atoms with Gasteiger partial charge in [-0.1, -0.05) is 0 Å². The zero-order valence-electron chi connectivity index (χ0n) is 18.6. The molecular weight excluding hydrogens is 376 g/mol. The van der Waals surface area contributed by atoms with E-state index in [1.54, 1.807) is 6.92 Å². The number of carbonyl (C=O) groups is 2. The molecule has 0 aromatic rings. The van der Waals surface area contributed by atoms with Crippen LogP contribution in [0.1, 0.15) is 73.1 Å². The standard InChI is InChI=1S/C21H38N2O6/c1-6-26-19(25)16-9-11-17(12-10-16)28-21(22,23-13-7-8-14-23)27-15(2)18(24)29-20(3,4)5/h15-17H,6-14,22H2,1-5H3/t15?,16-,17-,21?. The third kappa shape index (κ3) is 7.20. The smallest absolute Gasteiger partial charge is 0.335 e. The monoisotopic (exact) mass is 414 g/mol. The fraction of sp³-hybridized carbons (Fsp3) is 0.905. The van der Waals surface area contributed by atoms with Crippen LogP contribution in [0.25, 0.3) is 0 Å². The molecule has 1 aliphatic carbocycles. The van der Waals surface area contributed by atoms with Crippen LogP contribution in [-0.4, -0.2) is 60.4 Å². The summed E-state index contributed by atoms with van der Waals surface area (Å²) in [6.07, 6.45) is 3.78. The van der Waals surface area contributed by atoms with Crippen LogP contribution in [0.3, 0.4) is 0 Å². The van der Waals surface area contributed by atoms with Gasteiger partial charge >= 0.3 is 11.9 Å². The van der Waals surface area contributed by atoms with Crippen LogP contribution >= 0.6 is 0 Å². The van der Waals surface area contributed by atoms with Crippen LogP contribution in [0.4, 0.5) is 0 Å². The lowest BCUT2D eigenvalue weighted by Crippen LogP contribution is -2.62. The fourth-order valence-electron chi connectivity index (χ4n) is 3.81. The van der Waals surface area contributed by atoms with Crippen molar-refractivity contribution >= 4 is 11.9 Å². The molecule has 2 fully saturated rings. The molecule has 2 N–H and O–H groups in total. The number of nitrogens with two attached hydrogens (primary N) is 1. The lowest BCUT2D eigenvalue weighted by atomic mass is 9.87. The van der Waals surface area contributed by atoms with E-state index in [0.29, 0.717) is 32.3 Å². The first-order valence-electron chi connectivity index (χ1n) is 10.8. The van der Waals surface area contributed by atoms with Gasteiger partial charge in [-0.15, -0.1) is 0 Å². The summed E-state index contributed by atoms with van der Waals surface area (Å²) in [5.41, 5.74) is 5.96. The highest BCUT2D eigenvalue weighted by Gasteiger charge is 2.43. The number of hydrogen-bond acceptors (Lipinski definition) is 8. The maximum absolute atomic E-state index is 12.4. The molecule has 0 bridgehead atoms. The second-order valence-electron chi connectivity index (χ2n) is 8.96. The average molecular weight is 415 g/mol. The maximum Gasteiger partial charge on any atom is 0.335 e. The molecule has 8 nitrogen and oxygen atoms in total. The van der Waals surface area contributed by atoms with Crippen molar-refractivity contribution in [1.29, 1.82) is 0 Å². The second kappa shape index (κ2) is 10.2. The quantitative estimate of drug-likeness (QED) is 0.478. The van der Waals surface area contributed by atoms with Crippen molar-refractivity contribution in [2.45, 2.75) is 97.0 Å². The normalized spacial score (nSPS) is 26.6. The number of likely N-dealkylation sites (tertiary alicyclic amines) is 1. The summed E-state index contributed by atoms with van der Waals surface area (Å²) in [5, 5.41) is 0. The van der Waals surface area contributed by atoms with Gasteiger partial charge in [0.15, 0.2) is 6.10 Å². The Kier molecular flexibility index (Phi) is 8.46. The molecular formula is C21H38N2O6. The van der Waals surface area contributed by atoms with Crippen molar-refractivity contribution in [1.82, 2.24) is 4.90 Å². The van der Waals surface area contributed by atoms with Crippen molar-refractivity contribution < 1.29 is 28.5 Å². The van der Waals surface area contributed by atoms with Crippen molar-refractivity contribution in [3.8, 4) is 0 Å². The molecule has 0 aromatic carbocycles. The number of esters is 2. The molecule has 2 aliphatic rings. The highest BCUT2D eigenvalue weighted by atomic mass is 16.8. The van der Waals surface area contributed by atoms with Crippen molar-refractivity contribution in [2.75, 3.05) is 19.7 Å². The molecule has 2 unspecified atom stereocenters. The van der Waals surface area contributed by atoms with Gasteiger partial charge in [-0.3, -0.25) is 10.5 Å². The molecule has 0 amide bonds. The van der Waals surface area contributed by atoms with E-state index < -0.39 is 23.7 Å². The first-order chi connectivity index (χ1) is 13.5. The van der Waals surface area contributed by atoms with Crippen LogP contribution in [-0.2, 0) is 28.5 Å². The number of carbonyl (C=O) groups excluding carboxylic acids is 2. The van der Waals surface area contributed by atoms with Gasteiger partial charge in [0.25, 0.3) is 6.03 Å². The molecule has 0 aromatic heterocycles. The van der Waals surface area contributed by atoms with Crippen LogP contribution in [0.5, 0.6) is 0 Å². The third-order valence-corrected chi connectivity index (χ3v) is 5.26. The minimum absolute atomic E-state index is 0.0876. The first kappa shape index (κ1) is 24.1. The van der Waals surface area contributed by atoms with Gasteiger partial charge in [0, 0.05) is 13.1 Å². The largest absolute Gasteiger partial charge is 0.466 e. The molecule has 168 valence electrons. The molecule has 0 spiro atoms. The maximum atomic E-state index is 12.4. The molecule has 2 rings (SSSR count). The van der Waals surface area contributed by atoms with Gasteiger partial charge in [-0.25, -0.2) is 9.69 Å². The van der Waals surface area contributed by atoms with Crippen molar-refractivity contribution in [2.24, 2.45) is 11.7 Å². The van der Waals surface area contributed by atoms with E-state index in [1.165, 1.54) is 0 Å². The summed E-state index contributed by atoms with van der Waals surface area (Å²) in [5.74, 6) is -0.698. The van der Waals surface area contributed by atoms with Gasteiger partial charge in [0.1, 0.15) is 5.60 Å². The number of ether oxygens (including phenoxy) is 4. The Morgan fingerprint density at radius 2 is 1.69 bits per heavy atom. The predicted molar refractivity (Wildman–Crippen MR) is 108 cm³/mol. The molecule has 1 aliphatic heterocycles. The topological polar surface area (TPSA) is 100 Å². The Labute approximate surface area is 174 Å². The molecule has 8 heteroatoms. The minimum Gasteiger partial charge on any atom is -0.466 e. The summed E-state index contributed by atoms with van der Waals surface area (Å²) in [6, 6.07) is -1.49. The molecule has 0 radical (unpaired) electrons. The summed E-state index contributed by atoms with van der Waals surface area (Å²) in [7, 11) is 0. The number of hydrogen-bond donors (Lipinski definition) is 1. The van der Waals surface area contributed by atoms with E-state index in [9.17, 15) is 9.59 Å². The van der Waals surface area contributed by atoms with Crippen molar-refractivity contribution in [3.63, 3.8) is 0 Å². The number of nitrogens with zero attached hydrogens (tertiary/aromatic N) is 1. The molecule has 29 heavy (non-hydrogen) atoms. The predicted octanol–water partition coefficient (Wildman–Crippen LogP) is 2.54. The lowest BCUT2D eigenvalue weighted by Gasteiger charge is -2.42. The highest BCUT2D eigenvalue weighted by Crippen LogP contribution is 2.32. The molecule has 1 saturated carbocycles. The van der Waals surface area contributed by atoms with Gasteiger partial charge in [-0.05, 0) is 73.1 Å². The first-order valence-corrected chi connectivity index (χ1v) is 10.8. The minimum atomic E-state index is -1.49. The lowest BCUT2D eigenvalue weighted by molar-refractivity contribution is -0.342. The SMILES string of the molecule is CCOC(=O)[C@H]1CC[C@H](OC(N)(OC(C)C(=O)OC(C)(C)C)N2CCCC2)CC1. The molecule has 1 saturated heterocycles. The summed E-state index contributed by atoms with van der Waals surface area (Å²) in [4.78, 5) is 26.3. The Balaban J connectivity index is 1.99. The second-order valence-corrected chi connectivity index (χ2v) is 8.96. The van der Waals surface area contributed by atoms with Crippen LogP contribution in [0, 0.1) is 5.92 Å². The van der Waals surface area contributed by atoms with Gasteiger partial charge in [0.05, 0.1) is 18.6 Å². The third-order valence-electron chi connectivity index (χ3n) is 5.26. The van der Waals surface area contributed by atoms with Crippen molar-refractivity contribution in [3.05, 3.63) is 0 Å². The van der Waals surface area contributed by atoms with Gasteiger partial charge < -0.3 is 18.9 Å². The summed E-state index contributed by atoms with van der Waals surface area (Å²) >= 11 is 0. The van der Waals surface area contributed by atoms with Crippen LogP contribution in [0.2, 0.25) is 0 Å². The number of rotatable bonds is 8. The van der Waals surface area contributed by atoms with Crippen LogP contribution < -0.4 is 5.73 Å². The van der Waals surface area contributed by atoms with E-state index >= 15 is 0 Å². The van der Waals surface area contributed by atoms with Gasteiger partial charge in [-0.2, -0.15) is 0 Å². The van der Waals surface area contributed by atoms with E-state index in [4.69, 9.17) is 24.7 Å². The van der Waals surface area contributed by atoms with Crippen LogP contribution in [0.15, 0.2) is 0 Å². The van der Waals surface area contributed by atoms with E-state index in [2.05, 4.69) is 0 Å². The zero-order valence-corrected chi connectivity index (χ0v) is 18.6. The van der Waals surface area contributed by atoms with E-state index in [-0.39, 0.29) is 18.0 Å². The summed E-state index contributed by atoms with van der Waals surface area (Å²) in [6.45, 7) is 10.8. The summed E-state index contributed by atoms with van der Waals surface area (Å²) < 4.78 is 22.7. The Bertz CT molecular complexity index is 550. The Morgan fingerprint density at radius 1 is 1.10 bits per heavy atom. The molecule has 1 heterocycles. The average Bonchev–Trinajstić information content (AvgIpc) is 3.16. The molecule has 2 atom stereocenters. The van der Waals surface area contributed by atoms with E-state index in [1.807, 2.05) is 32.6 Å².